The predicted molar refractivity (Wildman–Crippen MR) is 91.0 cm³/mol. The Morgan fingerprint density at radius 2 is 2.04 bits per heavy atom. The normalized spacial score (nSPS) is 9.96. The maximum atomic E-state index is 11.8. The Hall–Kier alpha value is -2.22. The zero-order chi connectivity index (χ0) is 16.7. The van der Waals surface area contributed by atoms with E-state index in [0.29, 0.717) is 46.5 Å². The van der Waals surface area contributed by atoms with Crippen molar-refractivity contribution in [1.29, 1.82) is 5.26 Å². The molecule has 4 nitrogen and oxygen atoms in total. The summed E-state index contributed by atoms with van der Waals surface area (Å²) in [5, 5.41) is 12.5. The van der Waals surface area contributed by atoms with Crippen LogP contribution in [0, 0.1) is 11.3 Å². The van der Waals surface area contributed by atoms with Gasteiger partial charge in [0.2, 0.25) is 5.91 Å². The number of hydrogen-bond donors (Lipinski definition) is 1. The van der Waals surface area contributed by atoms with E-state index < -0.39 is 0 Å². The summed E-state index contributed by atoms with van der Waals surface area (Å²) in [6.45, 7) is 0.368. The first kappa shape index (κ1) is 17.1. The first-order valence-electron chi connectivity index (χ1n) is 6.96. The van der Waals surface area contributed by atoms with Crippen LogP contribution < -0.4 is 10.1 Å². The third-order valence-electron chi connectivity index (χ3n) is 2.98. The summed E-state index contributed by atoms with van der Waals surface area (Å²) in [5.74, 6) is 0.407. The van der Waals surface area contributed by atoms with Gasteiger partial charge in [-0.15, -0.1) is 0 Å². The number of rotatable bonds is 6. The van der Waals surface area contributed by atoms with Crippen LogP contribution >= 0.6 is 23.2 Å². The molecule has 0 fully saturated rings. The van der Waals surface area contributed by atoms with Gasteiger partial charge < -0.3 is 10.1 Å². The van der Waals surface area contributed by atoms with Crippen LogP contribution in [0.5, 0.6) is 5.75 Å². The molecule has 1 N–H and O–H groups in total. The molecule has 0 spiro atoms. The molecule has 118 valence electrons. The number of nitrogens with one attached hydrogen (secondary N) is 1. The van der Waals surface area contributed by atoms with Crippen molar-refractivity contribution in [2.45, 2.75) is 12.8 Å². The highest BCUT2D eigenvalue weighted by molar-refractivity contribution is 6.35. The largest absolute Gasteiger partial charge is 0.492 e. The van der Waals surface area contributed by atoms with Gasteiger partial charge in [-0.2, -0.15) is 5.26 Å². The lowest BCUT2D eigenvalue weighted by Gasteiger charge is -2.08. The maximum absolute atomic E-state index is 11.8. The number of nitrogens with zero attached hydrogens (tertiary/aromatic N) is 1. The summed E-state index contributed by atoms with van der Waals surface area (Å²) in [4.78, 5) is 11.8. The smallest absolute Gasteiger partial charge is 0.224 e. The van der Waals surface area contributed by atoms with Crippen molar-refractivity contribution in [2.75, 3.05) is 11.9 Å². The fraction of sp³-hybridized carbons (Fsp3) is 0.176. The van der Waals surface area contributed by atoms with Gasteiger partial charge >= 0.3 is 0 Å². The molecule has 2 aromatic carbocycles. The number of halogens is 2. The number of carbonyl (C=O) groups excluding carboxylic acids is 1. The van der Waals surface area contributed by atoms with E-state index in [0.717, 1.165) is 0 Å². The summed E-state index contributed by atoms with van der Waals surface area (Å²) < 4.78 is 5.52. The first-order valence-corrected chi connectivity index (χ1v) is 7.72. The molecular weight excluding hydrogens is 335 g/mol. The van der Waals surface area contributed by atoms with Crippen molar-refractivity contribution in [3.63, 3.8) is 0 Å². The van der Waals surface area contributed by atoms with E-state index in [-0.39, 0.29) is 5.91 Å². The Bertz CT molecular complexity index is 742. The molecule has 23 heavy (non-hydrogen) atoms. The number of amides is 1. The average molecular weight is 349 g/mol. The monoisotopic (exact) mass is 348 g/mol. The highest BCUT2D eigenvalue weighted by atomic mass is 35.5. The average Bonchev–Trinajstić information content (AvgIpc) is 2.53. The quantitative estimate of drug-likeness (QED) is 0.772. The predicted octanol–water partition coefficient (Wildman–Crippen LogP) is 4.66. The van der Waals surface area contributed by atoms with E-state index in [9.17, 15) is 4.79 Å². The molecule has 1 amide bonds. The Morgan fingerprint density at radius 1 is 1.22 bits per heavy atom. The first-order chi connectivity index (χ1) is 11.1. The van der Waals surface area contributed by atoms with E-state index in [1.54, 1.807) is 42.5 Å². The summed E-state index contributed by atoms with van der Waals surface area (Å²) in [6.07, 6.45) is 0.852. The topological polar surface area (TPSA) is 62.1 Å². The van der Waals surface area contributed by atoms with E-state index in [1.165, 1.54) is 0 Å². The van der Waals surface area contributed by atoms with Gasteiger partial charge in [0, 0.05) is 17.1 Å². The summed E-state index contributed by atoms with van der Waals surface area (Å²) in [5.41, 5.74) is 1.11. The summed E-state index contributed by atoms with van der Waals surface area (Å²) in [7, 11) is 0. The lowest BCUT2D eigenvalue weighted by molar-refractivity contribution is -0.116. The van der Waals surface area contributed by atoms with Crippen LogP contribution in [0.1, 0.15) is 18.4 Å². The molecule has 0 aromatic heterocycles. The van der Waals surface area contributed by atoms with Crippen molar-refractivity contribution in [1.82, 2.24) is 0 Å². The fourth-order valence-corrected chi connectivity index (χ4v) is 2.36. The van der Waals surface area contributed by atoms with Crippen LogP contribution in [0.15, 0.2) is 42.5 Å². The Kier molecular flexibility index (Phi) is 6.28. The lowest BCUT2D eigenvalue weighted by atomic mass is 10.2. The van der Waals surface area contributed by atoms with Gasteiger partial charge in [0.15, 0.2) is 0 Å². The molecule has 0 unspecified atom stereocenters. The van der Waals surface area contributed by atoms with Crippen molar-refractivity contribution in [3.8, 4) is 11.8 Å². The second kappa shape index (κ2) is 8.42. The molecule has 0 aliphatic heterocycles. The van der Waals surface area contributed by atoms with Gasteiger partial charge in [-0.1, -0.05) is 29.3 Å². The van der Waals surface area contributed by atoms with Gasteiger partial charge in [-0.25, -0.2) is 0 Å². The van der Waals surface area contributed by atoms with Crippen LogP contribution in [0.4, 0.5) is 5.69 Å². The van der Waals surface area contributed by atoms with E-state index in [1.807, 2.05) is 6.07 Å². The number of ether oxygens (including phenoxy) is 1. The van der Waals surface area contributed by atoms with Gasteiger partial charge in [0.05, 0.1) is 23.3 Å². The highest BCUT2D eigenvalue weighted by Gasteiger charge is 2.05. The summed E-state index contributed by atoms with van der Waals surface area (Å²) in [6, 6.07) is 13.8. The standard InChI is InChI=1S/C17H14Cl2N2O2/c18-13-6-7-16(15(19)10-13)23-8-2-5-17(22)21-14-4-1-3-12(9-14)11-20/h1,3-4,6-7,9-10H,2,5,8H2,(H,21,22). The molecule has 0 aliphatic rings. The SMILES string of the molecule is N#Cc1cccc(NC(=O)CCCOc2ccc(Cl)cc2Cl)c1. The molecule has 2 rings (SSSR count). The molecule has 2 aromatic rings. The molecule has 6 heteroatoms. The Balaban J connectivity index is 1.75. The Labute approximate surface area is 144 Å². The maximum Gasteiger partial charge on any atom is 0.224 e. The van der Waals surface area contributed by atoms with Gasteiger partial charge in [-0.3, -0.25) is 4.79 Å². The van der Waals surface area contributed by atoms with Crippen LogP contribution in [0.2, 0.25) is 10.0 Å². The van der Waals surface area contributed by atoms with Crippen LogP contribution in [0.3, 0.4) is 0 Å². The number of carbonyl (C=O) groups is 1. The van der Waals surface area contributed by atoms with E-state index in [4.69, 9.17) is 33.2 Å². The number of nitriles is 1. The van der Waals surface area contributed by atoms with Crippen LogP contribution in [-0.4, -0.2) is 12.5 Å². The van der Waals surface area contributed by atoms with Crippen molar-refractivity contribution in [2.24, 2.45) is 0 Å². The van der Waals surface area contributed by atoms with Gasteiger partial charge in [0.1, 0.15) is 5.75 Å². The fourth-order valence-electron chi connectivity index (χ4n) is 1.90. The molecule has 0 saturated heterocycles. The number of anilines is 1. The zero-order valence-corrected chi connectivity index (χ0v) is 13.7. The van der Waals surface area contributed by atoms with Crippen molar-refractivity contribution < 1.29 is 9.53 Å². The van der Waals surface area contributed by atoms with Crippen LogP contribution in [-0.2, 0) is 4.79 Å². The van der Waals surface area contributed by atoms with Gasteiger partial charge in [0.25, 0.3) is 0 Å². The summed E-state index contributed by atoms with van der Waals surface area (Å²) >= 11 is 11.8. The highest BCUT2D eigenvalue weighted by Crippen LogP contribution is 2.27. The van der Waals surface area contributed by atoms with E-state index in [2.05, 4.69) is 5.32 Å². The minimum atomic E-state index is -0.133. The van der Waals surface area contributed by atoms with Crippen molar-refractivity contribution in [3.05, 3.63) is 58.1 Å². The third-order valence-corrected chi connectivity index (χ3v) is 3.51. The Morgan fingerprint density at radius 3 is 2.78 bits per heavy atom. The zero-order valence-electron chi connectivity index (χ0n) is 12.2. The molecule has 0 bridgehead atoms. The second-order valence-electron chi connectivity index (χ2n) is 4.77. The van der Waals surface area contributed by atoms with E-state index >= 15 is 0 Å². The molecule has 0 aliphatic carbocycles. The third kappa shape index (κ3) is 5.48. The lowest BCUT2D eigenvalue weighted by Crippen LogP contribution is -2.12. The second-order valence-corrected chi connectivity index (χ2v) is 5.61. The van der Waals surface area contributed by atoms with Crippen molar-refractivity contribution >= 4 is 34.8 Å². The minimum Gasteiger partial charge on any atom is -0.492 e. The molecule has 0 atom stereocenters. The number of benzene rings is 2. The molecule has 0 radical (unpaired) electrons. The van der Waals surface area contributed by atoms with Gasteiger partial charge in [-0.05, 0) is 42.8 Å². The minimum absolute atomic E-state index is 0.133. The molecule has 0 saturated carbocycles. The molecular formula is C17H14Cl2N2O2. The number of hydrogen-bond acceptors (Lipinski definition) is 3. The van der Waals surface area contributed by atoms with Crippen LogP contribution in [0.25, 0.3) is 0 Å². The molecule has 0 heterocycles.